The molecular formula is C26H35F3N2O2S. The van der Waals surface area contributed by atoms with Crippen LogP contribution < -0.4 is 15.2 Å². The van der Waals surface area contributed by atoms with E-state index in [0.717, 1.165) is 43.9 Å². The molecule has 0 bridgehead atoms. The number of halogens is 3. The van der Waals surface area contributed by atoms with Crippen LogP contribution >= 0.6 is 11.8 Å². The number of ether oxygens (including phenoxy) is 2. The fraction of sp³-hybridized carbons (Fsp3) is 0.500. The van der Waals surface area contributed by atoms with Gasteiger partial charge in [0.2, 0.25) is 5.82 Å². The van der Waals surface area contributed by atoms with E-state index in [1.54, 1.807) is 24.3 Å². The highest BCUT2D eigenvalue weighted by Gasteiger charge is 2.27. The van der Waals surface area contributed by atoms with Crippen LogP contribution in [0, 0.1) is 17.5 Å². The van der Waals surface area contributed by atoms with Gasteiger partial charge in [0, 0.05) is 5.56 Å². The molecule has 0 aliphatic carbocycles. The van der Waals surface area contributed by atoms with E-state index in [1.165, 1.54) is 0 Å². The fourth-order valence-electron chi connectivity index (χ4n) is 3.11. The second kappa shape index (κ2) is 14.8. The smallest absolute Gasteiger partial charge is 0.206 e. The van der Waals surface area contributed by atoms with Gasteiger partial charge in [-0.25, -0.2) is 13.8 Å². The van der Waals surface area contributed by atoms with Gasteiger partial charge < -0.3 is 15.2 Å². The topological polar surface area (TPSA) is 56.8 Å². The molecule has 2 N–H and O–H groups in total. The van der Waals surface area contributed by atoms with E-state index in [4.69, 9.17) is 15.2 Å². The zero-order valence-corrected chi connectivity index (χ0v) is 21.1. The Morgan fingerprint density at radius 2 is 1.50 bits per heavy atom. The molecule has 0 radical (unpaired) electrons. The molecule has 2 aromatic carbocycles. The molecule has 0 heterocycles. The first-order chi connectivity index (χ1) is 16.4. The van der Waals surface area contributed by atoms with Crippen LogP contribution in [0.3, 0.4) is 0 Å². The maximum atomic E-state index is 15.2. The average molecular weight is 497 g/mol. The number of rotatable bonds is 15. The van der Waals surface area contributed by atoms with Crippen LogP contribution in [0.15, 0.2) is 34.2 Å². The molecule has 0 fully saturated rings. The van der Waals surface area contributed by atoms with Crippen LogP contribution in [0.5, 0.6) is 11.5 Å². The molecule has 0 aliphatic heterocycles. The first-order valence-corrected chi connectivity index (χ1v) is 13.0. The first-order valence-electron chi connectivity index (χ1n) is 12.0. The summed E-state index contributed by atoms with van der Waals surface area (Å²) in [6.07, 6.45) is 6.22. The molecule has 4 nitrogen and oxygen atoms in total. The summed E-state index contributed by atoms with van der Waals surface area (Å²) in [5.74, 6) is -3.18. The van der Waals surface area contributed by atoms with Gasteiger partial charge in [-0.2, -0.15) is 4.39 Å². The maximum Gasteiger partial charge on any atom is 0.206 e. The van der Waals surface area contributed by atoms with Crippen molar-refractivity contribution >= 4 is 23.3 Å². The Morgan fingerprint density at radius 1 is 0.824 bits per heavy atom. The second-order valence-corrected chi connectivity index (χ2v) is 9.03. The average Bonchev–Trinajstić information content (AvgIpc) is 2.84. The van der Waals surface area contributed by atoms with Crippen molar-refractivity contribution in [3.05, 3.63) is 47.3 Å². The van der Waals surface area contributed by atoms with Gasteiger partial charge in [0.1, 0.15) is 17.3 Å². The number of hydrogen-bond donors (Lipinski definition) is 1. The summed E-state index contributed by atoms with van der Waals surface area (Å²) in [5, 5.41) is 0. The number of nitrogens with zero attached hydrogens (tertiary/aromatic N) is 1. The lowest BCUT2D eigenvalue weighted by atomic mass is 10.2. The number of nitrogens with two attached hydrogens (primary N) is 1. The van der Waals surface area contributed by atoms with Gasteiger partial charge in [-0.15, -0.1) is 11.8 Å². The summed E-state index contributed by atoms with van der Waals surface area (Å²) in [6, 6.07) is 6.81. The van der Waals surface area contributed by atoms with Gasteiger partial charge in [0.15, 0.2) is 17.4 Å². The quantitative estimate of drug-likeness (QED) is 0.0899. The minimum Gasteiger partial charge on any atom is -0.494 e. The van der Waals surface area contributed by atoms with Crippen LogP contribution in [-0.4, -0.2) is 24.8 Å². The van der Waals surface area contributed by atoms with Crippen molar-refractivity contribution < 1.29 is 22.6 Å². The highest BCUT2D eigenvalue weighted by Crippen LogP contribution is 2.42. The molecule has 0 saturated heterocycles. The number of benzene rings is 2. The monoisotopic (exact) mass is 496 g/mol. The summed E-state index contributed by atoms with van der Waals surface area (Å²) >= 11 is 1.06. The third kappa shape index (κ3) is 7.86. The summed E-state index contributed by atoms with van der Waals surface area (Å²) in [6.45, 7) is 6.77. The predicted molar refractivity (Wildman–Crippen MR) is 134 cm³/mol. The van der Waals surface area contributed by atoms with Crippen LogP contribution in [-0.2, 0) is 0 Å². The van der Waals surface area contributed by atoms with Gasteiger partial charge >= 0.3 is 0 Å². The van der Waals surface area contributed by atoms with Crippen molar-refractivity contribution in [2.75, 3.05) is 19.0 Å². The molecule has 8 heteroatoms. The number of unbranched alkanes of at least 4 members (excludes halogenated alkanes) is 4. The van der Waals surface area contributed by atoms with Gasteiger partial charge in [-0.05, 0) is 49.3 Å². The molecule has 2 rings (SSSR count). The lowest BCUT2D eigenvalue weighted by Gasteiger charge is -2.15. The Bertz CT molecular complexity index is 937. The van der Waals surface area contributed by atoms with Crippen LogP contribution in [0.4, 0.5) is 18.9 Å². The highest BCUT2D eigenvalue weighted by atomic mass is 32.2. The zero-order valence-electron chi connectivity index (χ0n) is 20.3. The van der Waals surface area contributed by atoms with E-state index in [1.807, 2.05) is 6.92 Å². The van der Waals surface area contributed by atoms with E-state index in [0.29, 0.717) is 36.5 Å². The van der Waals surface area contributed by atoms with E-state index in [2.05, 4.69) is 18.8 Å². The Hall–Kier alpha value is -2.35. The van der Waals surface area contributed by atoms with Gasteiger partial charge in [-0.3, -0.25) is 0 Å². The number of aliphatic imine (C=N–C) groups is 1. The van der Waals surface area contributed by atoms with Crippen molar-refractivity contribution in [2.45, 2.75) is 70.6 Å². The van der Waals surface area contributed by atoms with Crippen molar-refractivity contribution in [3.8, 4) is 11.5 Å². The number of amidine groups is 1. The largest absolute Gasteiger partial charge is 0.494 e. The van der Waals surface area contributed by atoms with Gasteiger partial charge in [0.05, 0.1) is 18.1 Å². The van der Waals surface area contributed by atoms with E-state index < -0.39 is 28.9 Å². The minimum atomic E-state index is -1.39. The molecule has 0 unspecified atom stereocenters. The molecule has 2 aromatic rings. The van der Waals surface area contributed by atoms with Crippen molar-refractivity contribution in [1.82, 2.24) is 0 Å². The summed E-state index contributed by atoms with van der Waals surface area (Å²) in [5.41, 5.74) is 6.13. The van der Waals surface area contributed by atoms with Crippen LogP contribution in [0.2, 0.25) is 0 Å². The maximum absolute atomic E-state index is 15.2. The second-order valence-electron chi connectivity index (χ2n) is 7.93. The first kappa shape index (κ1) is 27.9. The van der Waals surface area contributed by atoms with Gasteiger partial charge in [-0.1, -0.05) is 46.5 Å². The van der Waals surface area contributed by atoms with E-state index in [9.17, 15) is 4.39 Å². The molecule has 0 atom stereocenters. The number of hydrogen-bond acceptors (Lipinski definition) is 4. The fourth-order valence-corrected chi connectivity index (χ4v) is 4.01. The lowest BCUT2D eigenvalue weighted by molar-refractivity contribution is 0.267. The van der Waals surface area contributed by atoms with Crippen molar-refractivity contribution in [3.63, 3.8) is 0 Å². The SMILES string of the molecule is CCCCCCOc1c(F)c(F)c(N=C(N)c2ccc(OCCCC)cc2)c(SCCC)c1F. The molecule has 0 aliphatic rings. The molecule has 188 valence electrons. The zero-order chi connectivity index (χ0) is 24.9. The molecule has 34 heavy (non-hydrogen) atoms. The van der Waals surface area contributed by atoms with Crippen molar-refractivity contribution in [2.24, 2.45) is 10.7 Å². The Morgan fingerprint density at radius 3 is 2.15 bits per heavy atom. The molecule has 0 amide bonds. The molecular weight excluding hydrogens is 461 g/mol. The third-order valence-corrected chi connectivity index (χ3v) is 6.33. The van der Waals surface area contributed by atoms with Crippen LogP contribution in [0.25, 0.3) is 0 Å². The highest BCUT2D eigenvalue weighted by molar-refractivity contribution is 7.99. The summed E-state index contributed by atoms with van der Waals surface area (Å²) < 4.78 is 56.0. The van der Waals surface area contributed by atoms with E-state index in [-0.39, 0.29) is 17.3 Å². The Labute approximate surface area is 205 Å². The molecule has 0 spiro atoms. The predicted octanol–water partition coefficient (Wildman–Crippen LogP) is 7.78. The number of thioether (sulfide) groups is 1. The molecule has 0 saturated carbocycles. The Kier molecular flexibility index (Phi) is 12.2. The normalized spacial score (nSPS) is 11.6. The standard InChI is InChI=1S/C26H35F3N2O2S/c1-4-7-9-10-16-33-24-21(28)20(27)23(25(22(24)29)34-17-6-3)31-26(30)18-11-13-19(14-12-18)32-15-8-5-2/h11-14H,4-10,15-17H2,1-3H3,(H2,30,31). The van der Waals surface area contributed by atoms with Gasteiger partial charge in [0.25, 0.3) is 0 Å². The summed E-state index contributed by atoms with van der Waals surface area (Å²) in [4.78, 5) is 3.99. The minimum absolute atomic E-state index is 0.0515. The summed E-state index contributed by atoms with van der Waals surface area (Å²) in [7, 11) is 0. The van der Waals surface area contributed by atoms with E-state index >= 15 is 8.78 Å². The molecule has 0 aromatic heterocycles. The van der Waals surface area contributed by atoms with Crippen molar-refractivity contribution in [1.29, 1.82) is 0 Å². The lowest BCUT2D eigenvalue weighted by Crippen LogP contribution is -2.13. The third-order valence-electron chi connectivity index (χ3n) is 5.06. The van der Waals surface area contributed by atoms with Crippen LogP contribution in [0.1, 0.15) is 71.3 Å². The Balaban J connectivity index is 2.34.